The number of hydrogen-bond acceptors (Lipinski definition) is 4. The maximum Gasteiger partial charge on any atom is 0.324 e. The fraction of sp³-hybridized carbons (Fsp3) is 0.714. The van der Waals surface area contributed by atoms with Crippen LogP contribution < -0.4 is 5.32 Å². The second-order valence-electron chi connectivity index (χ2n) is 5.73. The van der Waals surface area contributed by atoms with Gasteiger partial charge in [0.1, 0.15) is 0 Å². The zero-order valence-electron chi connectivity index (χ0n) is 11.6. The van der Waals surface area contributed by atoms with Crippen LogP contribution in [-0.4, -0.2) is 11.0 Å². The lowest BCUT2D eigenvalue weighted by Crippen LogP contribution is -2.40. The predicted octanol–water partition coefficient (Wildman–Crippen LogP) is 3.96. The smallest absolute Gasteiger partial charge is 0.310 e. The third-order valence-electron chi connectivity index (χ3n) is 4.06. The van der Waals surface area contributed by atoms with Gasteiger partial charge in [-0.05, 0) is 30.2 Å². The molecule has 1 fully saturated rings. The SMILES string of the molecule is CC(C)C1CCCCC1NCc1csc([N+](=O)[O-])c1. The van der Waals surface area contributed by atoms with Crippen LogP contribution in [0.5, 0.6) is 0 Å². The van der Waals surface area contributed by atoms with Gasteiger partial charge in [-0.3, -0.25) is 10.1 Å². The normalized spacial score (nSPS) is 23.7. The zero-order valence-corrected chi connectivity index (χ0v) is 12.4. The summed E-state index contributed by atoms with van der Waals surface area (Å²) in [5.74, 6) is 1.44. The topological polar surface area (TPSA) is 55.2 Å². The van der Waals surface area contributed by atoms with E-state index in [1.807, 2.05) is 5.38 Å². The number of hydrogen-bond donors (Lipinski definition) is 1. The largest absolute Gasteiger partial charge is 0.324 e. The summed E-state index contributed by atoms with van der Waals surface area (Å²) in [6.45, 7) is 5.33. The van der Waals surface area contributed by atoms with Crippen LogP contribution in [0.2, 0.25) is 0 Å². The Hall–Kier alpha value is -0.940. The van der Waals surface area contributed by atoms with Crippen molar-refractivity contribution >= 4 is 16.3 Å². The number of nitrogens with one attached hydrogen (secondary N) is 1. The summed E-state index contributed by atoms with van der Waals surface area (Å²) in [6, 6.07) is 2.25. The summed E-state index contributed by atoms with van der Waals surface area (Å²) < 4.78 is 0. The number of rotatable bonds is 5. The summed E-state index contributed by atoms with van der Waals surface area (Å²) >= 11 is 1.21. The van der Waals surface area contributed by atoms with E-state index in [4.69, 9.17) is 0 Å². The van der Waals surface area contributed by atoms with Crippen LogP contribution in [0.15, 0.2) is 11.4 Å². The molecule has 0 radical (unpaired) electrons. The molecule has 106 valence electrons. The van der Waals surface area contributed by atoms with Gasteiger partial charge >= 0.3 is 5.00 Å². The first-order valence-corrected chi connectivity index (χ1v) is 7.91. The first kappa shape index (κ1) is 14.5. The Bertz CT molecular complexity index is 431. The Morgan fingerprint density at radius 2 is 2.21 bits per heavy atom. The summed E-state index contributed by atoms with van der Waals surface area (Å²) in [5.41, 5.74) is 1.03. The summed E-state index contributed by atoms with van der Waals surface area (Å²) in [7, 11) is 0. The quantitative estimate of drug-likeness (QED) is 0.657. The van der Waals surface area contributed by atoms with E-state index in [9.17, 15) is 10.1 Å². The van der Waals surface area contributed by atoms with Gasteiger partial charge in [0.2, 0.25) is 0 Å². The van der Waals surface area contributed by atoms with Crippen molar-refractivity contribution in [1.29, 1.82) is 0 Å². The molecule has 19 heavy (non-hydrogen) atoms. The molecule has 2 atom stereocenters. The molecule has 2 unspecified atom stereocenters. The average Bonchev–Trinajstić information content (AvgIpc) is 2.85. The van der Waals surface area contributed by atoms with E-state index in [1.165, 1.54) is 37.0 Å². The van der Waals surface area contributed by atoms with Crippen LogP contribution >= 0.6 is 11.3 Å². The molecule has 0 saturated heterocycles. The Kier molecular flexibility index (Phi) is 4.93. The maximum absolute atomic E-state index is 10.7. The summed E-state index contributed by atoms with van der Waals surface area (Å²) in [4.78, 5) is 10.3. The highest BCUT2D eigenvalue weighted by Crippen LogP contribution is 2.30. The van der Waals surface area contributed by atoms with Crippen molar-refractivity contribution in [3.8, 4) is 0 Å². The van der Waals surface area contributed by atoms with Crippen LogP contribution in [0.4, 0.5) is 5.00 Å². The minimum absolute atomic E-state index is 0.237. The van der Waals surface area contributed by atoms with Gasteiger partial charge in [0.25, 0.3) is 0 Å². The van der Waals surface area contributed by atoms with Gasteiger partial charge in [-0.15, -0.1) is 0 Å². The van der Waals surface area contributed by atoms with Crippen molar-refractivity contribution < 1.29 is 4.92 Å². The second-order valence-corrected chi connectivity index (χ2v) is 6.62. The molecule has 0 aromatic carbocycles. The van der Waals surface area contributed by atoms with E-state index in [0.717, 1.165) is 18.0 Å². The molecule has 2 rings (SSSR count). The van der Waals surface area contributed by atoms with Crippen LogP contribution in [0.3, 0.4) is 0 Å². The van der Waals surface area contributed by atoms with Gasteiger partial charge in [0, 0.05) is 24.0 Å². The molecule has 0 amide bonds. The molecular weight excluding hydrogens is 260 g/mol. The first-order valence-electron chi connectivity index (χ1n) is 7.03. The molecule has 0 aliphatic heterocycles. The number of thiophene rings is 1. The fourth-order valence-corrected chi connectivity index (χ4v) is 3.74. The van der Waals surface area contributed by atoms with Crippen molar-refractivity contribution in [2.45, 2.75) is 52.1 Å². The fourth-order valence-electron chi connectivity index (χ4n) is 3.01. The molecule has 0 spiro atoms. The predicted molar refractivity (Wildman–Crippen MR) is 78.4 cm³/mol. The van der Waals surface area contributed by atoms with Crippen molar-refractivity contribution in [3.05, 3.63) is 27.1 Å². The lowest BCUT2D eigenvalue weighted by atomic mass is 9.78. The monoisotopic (exact) mass is 282 g/mol. The Labute approximate surface area is 118 Å². The molecule has 1 aromatic heterocycles. The van der Waals surface area contributed by atoms with E-state index in [1.54, 1.807) is 6.07 Å². The van der Waals surface area contributed by atoms with E-state index in [2.05, 4.69) is 19.2 Å². The highest BCUT2D eigenvalue weighted by molar-refractivity contribution is 7.13. The maximum atomic E-state index is 10.7. The Balaban J connectivity index is 1.90. The highest BCUT2D eigenvalue weighted by Gasteiger charge is 2.27. The van der Waals surface area contributed by atoms with E-state index >= 15 is 0 Å². The van der Waals surface area contributed by atoms with Crippen LogP contribution in [-0.2, 0) is 6.54 Å². The first-order chi connectivity index (χ1) is 9.08. The van der Waals surface area contributed by atoms with E-state index in [0.29, 0.717) is 12.0 Å². The molecule has 4 nitrogen and oxygen atoms in total. The van der Waals surface area contributed by atoms with Gasteiger partial charge in [0.15, 0.2) is 0 Å². The Morgan fingerprint density at radius 1 is 1.47 bits per heavy atom. The highest BCUT2D eigenvalue weighted by atomic mass is 32.1. The molecular formula is C14H22N2O2S. The average molecular weight is 282 g/mol. The van der Waals surface area contributed by atoms with Gasteiger partial charge in [-0.25, -0.2) is 0 Å². The van der Waals surface area contributed by atoms with Crippen LogP contribution in [0.25, 0.3) is 0 Å². The van der Waals surface area contributed by atoms with Gasteiger partial charge in [0.05, 0.1) is 4.92 Å². The van der Waals surface area contributed by atoms with Crippen molar-refractivity contribution in [1.82, 2.24) is 5.32 Å². The molecule has 1 aliphatic rings. The minimum atomic E-state index is -0.314. The van der Waals surface area contributed by atoms with Crippen molar-refractivity contribution in [2.75, 3.05) is 0 Å². The number of nitro groups is 1. The minimum Gasteiger partial charge on any atom is -0.310 e. The van der Waals surface area contributed by atoms with Crippen molar-refractivity contribution in [2.24, 2.45) is 11.8 Å². The molecule has 1 N–H and O–H groups in total. The van der Waals surface area contributed by atoms with Crippen LogP contribution in [0, 0.1) is 22.0 Å². The summed E-state index contributed by atoms with van der Waals surface area (Å²) in [5, 5.41) is 16.4. The zero-order chi connectivity index (χ0) is 13.8. The second kappa shape index (κ2) is 6.48. The third kappa shape index (κ3) is 3.76. The molecule has 5 heteroatoms. The molecule has 0 bridgehead atoms. The van der Waals surface area contributed by atoms with E-state index < -0.39 is 0 Å². The van der Waals surface area contributed by atoms with Crippen molar-refractivity contribution in [3.63, 3.8) is 0 Å². The lowest BCUT2D eigenvalue weighted by Gasteiger charge is -2.35. The lowest BCUT2D eigenvalue weighted by molar-refractivity contribution is -0.380. The molecule has 1 heterocycles. The standard InChI is InChI=1S/C14H22N2O2S/c1-10(2)12-5-3-4-6-13(12)15-8-11-7-14(16(17)18)19-9-11/h7,9-10,12-13,15H,3-6,8H2,1-2H3. The molecule has 1 aliphatic carbocycles. The van der Waals surface area contributed by atoms with E-state index in [-0.39, 0.29) is 9.92 Å². The molecule has 1 aromatic rings. The van der Waals surface area contributed by atoms with Gasteiger partial charge < -0.3 is 5.32 Å². The molecule has 1 saturated carbocycles. The Morgan fingerprint density at radius 3 is 2.84 bits per heavy atom. The third-order valence-corrected chi connectivity index (χ3v) is 4.99. The summed E-state index contributed by atoms with van der Waals surface area (Å²) in [6.07, 6.45) is 5.17. The van der Waals surface area contributed by atoms with Crippen LogP contribution in [0.1, 0.15) is 45.1 Å². The number of nitrogens with zero attached hydrogens (tertiary/aromatic N) is 1. The van der Waals surface area contributed by atoms with Gasteiger partial charge in [-0.2, -0.15) is 0 Å². The van der Waals surface area contributed by atoms with Gasteiger partial charge in [-0.1, -0.05) is 38.0 Å².